The molecule has 108 valence electrons. The Morgan fingerprint density at radius 3 is 2.50 bits per heavy atom. The van der Waals surface area contributed by atoms with Gasteiger partial charge in [0.1, 0.15) is 5.01 Å². The summed E-state index contributed by atoms with van der Waals surface area (Å²) >= 11 is 3.64. The minimum atomic E-state index is 0.108. The van der Waals surface area contributed by atoms with Gasteiger partial charge in [-0.05, 0) is 32.6 Å². The molecule has 0 unspecified atom stereocenters. The Bertz CT molecular complexity index is 541. The molecule has 0 spiro atoms. The number of thioether (sulfide) groups is 1. The molecule has 2 rings (SSSR count). The lowest BCUT2D eigenvalue weighted by molar-refractivity contribution is 0.422. The minimum Gasteiger partial charge on any atom is -0.306 e. The van der Waals surface area contributed by atoms with Crippen molar-refractivity contribution in [1.82, 2.24) is 10.3 Å². The number of benzene rings is 1. The number of thiazole rings is 1. The van der Waals surface area contributed by atoms with E-state index in [1.54, 1.807) is 0 Å². The van der Waals surface area contributed by atoms with E-state index in [1.165, 1.54) is 21.1 Å². The van der Waals surface area contributed by atoms with Crippen molar-refractivity contribution in [2.24, 2.45) is 0 Å². The van der Waals surface area contributed by atoms with Crippen LogP contribution in [0.15, 0.2) is 30.3 Å². The van der Waals surface area contributed by atoms with E-state index in [0.717, 1.165) is 12.3 Å². The van der Waals surface area contributed by atoms with Crippen LogP contribution in [0.4, 0.5) is 0 Å². The summed E-state index contributed by atoms with van der Waals surface area (Å²) in [6.45, 7) is 7.37. The van der Waals surface area contributed by atoms with Gasteiger partial charge in [-0.25, -0.2) is 4.98 Å². The summed E-state index contributed by atoms with van der Waals surface area (Å²) in [7, 11) is 0. The zero-order valence-electron chi connectivity index (χ0n) is 12.6. The number of nitrogens with one attached hydrogen (secondary N) is 1. The second kappa shape index (κ2) is 6.74. The van der Waals surface area contributed by atoms with Crippen LogP contribution in [0.1, 0.15) is 31.5 Å². The first kappa shape index (κ1) is 15.5. The van der Waals surface area contributed by atoms with E-state index in [4.69, 9.17) is 4.98 Å². The van der Waals surface area contributed by atoms with E-state index in [2.05, 4.69) is 62.7 Å². The average Bonchev–Trinajstić information content (AvgIpc) is 2.80. The molecule has 0 atom stereocenters. The van der Waals surface area contributed by atoms with Crippen LogP contribution in [0.2, 0.25) is 0 Å². The molecular weight excluding hydrogens is 284 g/mol. The van der Waals surface area contributed by atoms with Crippen molar-refractivity contribution < 1.29 is 0 Å². The number of nitrogens with zero attached hydrogens (tertiary/aromatic N) is 1. The van der Waals surface area contributed by atoms with Crippen LogP contribution < -0.4 is 5.32 Å². The van der Waals surface area contributed by atoms with Crippen molar-refractivity contribution in [3.8, 4) is 10.4 Å². The fourth-order valence-electron chi connectivity index (χ4n) is 1.87. The summed E-state index contributed by atoms with van der Waals surface area (Å²) in [5, 5.41) is 4.75. The summed E-state index contributed by atoms with van der Waals surface area (Å²) in [5.41, 5.74) is 2.54. The number of hydrogen-bond donors (Lipinski definition) is 1. The first-order valence-corrected chi connectivity index (χ1v) is 8.98. The highest BCUT2D eigenvalue weighted by molar-refractivity contribution is 7.97. The lowest BCUT2D eigenvalue weighted by Gasteiger charge is -2.20. The number of aromatic nitrogens is 1. The maximum absolute atomic E-state index is 4.81. The van der Waals surface area contributed by atoms with Gasteiger partial charge in [0.15, 0.2) is 0 Å². The fourth-order valence-corrected chi connectivity index (χ4v) is 3.65. The Morgan fingerprint density at radius 2 is 1.90 bits per heavy atom. The quantitative estimate of drug-likeness (QED) is 0.876. The Morgan fingerprint density at radius 1 is 1.20 bits per heavy atom. The van der Waals surface area contributed by atoms with Crippen LogP contribution in [0.3, 0.4) is 0 Å². The summed E-state index contributed by atoms with van der Waals surface area (Å²) in [4.78, 5) is 6.11. The summed E-state index contributed by atoms with van der Waals surface area (Å²) < 4.78 is 0. The number of hydrogen-bond acceptors (Lipinski definition) is 4. The van der Waals surface area contributed by atoms with Crippen LogP contribution in [-0.4, -0.2) is 16.8 Å². The van der Waals surface area contributed by atoms with Gasteiger partial charge < -0.3 is 5.32 Å². The van der Waals surface area contributed by atoms with Gasteiger partial charge in [-0.1, -0.05) is 30.3 Å². The smallest absolute Gasteiger partial charge is 0.103 e. The first-order chi connectivity index (χ1) is 9.49. The van der Waals surface area contributed by atoms with Crippen molar-refractivity contribution >= 4 is 23.1 Å². The third-order valence-corrected chi connectivity index (χ3v) is 4.72. The van der Waals surface area contributed by atoms with E-state index >= 15 is 0 Å². The second-order valence-electron chi connectivity index (χ2n) is 5.79. The van der Waals surface area contributed by atoms with Crippen LogP contribution in [0, 0.1) is 0 Å². The second-order valence-corrected chi connectivity index (χ2v) is 7.74. The molecule has 1 heterocycles. The highest BCUT2D eigenvalue weighted by atomic mass is 32.2. The Labute approximate surface area is 130 Å². The van der Waals surface area contributed by atoms with Gasteiger partial charge in [-0.2, -0.15) is 11.8 Å². The summed E-state index contributed by atoms with van der Waals surface area (Å²) in [5.74, 6) is 0.986. The molecule has 0 aliphatic carbocycles. The molecule has 0 aliphatic rings. The van der Waals surface area contributed by atoms with E-state index in [-0.39, 0.29) is 5.54 Å². The molecule has 2 aromatic rings. The molecule has 0 saturated carbocycles. The standard InChI is InChI=1S/C16H22N2S2/c1-16(2,3)17-10-13-15(12-8-6-5-7-9-12)20-14(18-13)11-19-4/h5-9,17H,10-11H2,1-4H3. The molecule has 0 amide bonds. The van der Waals surface area contributed by atoms with Gasteiger partial charge in [0, 0.05) is 17.8 Å². The molecule has 4 heteroatoms. The lowest BCUT2D eigenvalue weighted by atomic mass is 10.1. The van der Waals surface area contributed by atoms with Crippen molar-refractivity contribution in [2.75, 3.05) is 6.26 Å². The molecule has 1 aromatic heterocycles. The highest BCUT2D eigenvalue weighted by Gasteiger charge is 2.15. The third-order valence-electron chi connectivity index (χ3n) is 2.83. The van der Waals surface area contributed by atoms with Crippen LogP contribution >= 0.6 is 23.1 Å². The molecular formula is C16H22N2S2. The molecule has 1 aromatic carbocycles. The molecule has 1 N–H and O–H groups in total. The highest BCUT2D eigenvalue weighted by Crippen LogP contribution is 2.31. The van der Waals surface area contributed by atoms with Crippen molar-refractivity contribution in [3.05, 3.63) is 41.0 Å². The monoisotopic (exact) mass is 306 g/mol. The van der Waals surface area contributed by atoms with Gasteiger partial charge in [0.25, 0.3) is 0 Å². The van der Waals surface area contributed by atoms with E-state index in [1.807, 2.05) is 23.1 Å². The van der Waals surface area contributed by atoms with Gasteiger partial charge >= 0.3 is 0 Å². The van der Waals surface area contributed by atoms with Gasteiger partial charge in [-0.15, -0.1) is 11.3 Å². The molecule has 0 radical (unpaired) electrons. The molecule has 0 saturated heterocycles. The first-order valence-electron chi connectivity index (χ1n) is 6.77. The Balaban J connectivity index is 2.29. The largest absolute Gasteiger partial charge is 0.306 e. The molecule has 0 fully saturated rings. The average molecular weight is 306 g/mol. The maximum atomic E-state index is 4.81. The van der Waals surface area contributed by atoms with E-state index < -0.39 is 0 Å². The molecule has 0 aliphatic heterocycles. The normalized spacial score (nSPS) is 11.8. The van der Waals surface area contributed by atoms with Gasteiger partial charge in [0.05, 0.1) is 10.6 Å². The lowest BCUT2D eigenvalue weighted by Crippen LogP contribution is -2.35. The SMILES string of the molecule is CSCc1nc(CNC(C)(C)C)c(-c2ccccc2)s1. The van der Waals surface area contributed by atoms with Crippen molar-refractivity contribution in [3.63, 3.8) is 0 Å². The van der Waals surface area contributed by atoms with Crippen LogP contribution in [-0.2, 0) is 12.3 Å². The Hall–Kier alpha value is -0.840. The third kappa shape index (κ3) is 4.33. The van der Waals surface area contributed by atoms with E-state index in [0.29, 0.717) is 0 Å². The van der Waals surface area contributed by atoms with Crippen molar-refractivity contribution in [1.29, 1.82) is 0 Å². The fraction of sp³-hybridized carbons (Fsp3) is 0.438. The van der Waals surface area contributed by atoms with Crippen LogP contribution in [0.5, 0.6) is 0 Å². The van der Waals surface area contributed by atoms with E-state index in [9.17, 15) is 0 Å². The van der Waals surface area contributed by atoms with Gasteiger partial charge in [-0.3, -0.25) is 0 Å². The molecule has 20 heavy (non-hydrogen) atoms. The molecule has 2 nitrogen and oxygen atoms in total. The minimum absolute atomic E-state index is 0.108. The predicted octanol–water partition coefficient (Wildman–Crippen LogP) is 4.56. The maximum Gasteiger partial charge on any atom is 0.103 e. The molecule has 0 bridgehead atoms. The zero-order valence-corrected chi connectivity index (χ0v) is 14.2. The topological polar surface area (TPSA) is 24.9 Å². The van der Waals surface area contributed by atoms with Crippen molar-refractivity contribution in [2.45, 2.75) is 38.6 Å². The predicted molar refractivity (Wildman–Crippen MR) is 91.4 cm³/mol. The van der Waals surface area contributed by atoms with Gasteiger partial charge in [0.2, 0.25) is 0 Å². The number of rotatable bonds is 5. The zero-order chi connectivity index (χ0) is 14.6. The van der Waals surface area contributed by atoms with Crippen LogP contribution in [0.25, 0.3) is 10.4 Å². The summed E-state index contributed by atoms with van der Waals surface area (Å²) in [6, 6.07) is 10.6. The Kier molecular flexibility index (Phi) is 5.24. The summed E-state index contributed by atoms with van der Waals surface area (Å²) in [6.07, 6.45) is 2.12.